The first kappa shape index (κ1) is 14.5. The molecule has 98 valence electrons. The van der Waals surface area contributed by atoms with Crippen LogP contribution in [-0.2, 0) is 20.7 Å². The molecule has 0 atom stereocenters. The second-order valence-corrected chi connectivity index (χ2v) is 4.32. The van der Waals surface area contributed by atoms with Crippen molar-refractivity contribution in [3.05, 3.63) is 34.9 Å². The SMILES string of the molecule is COC(=O)CCN(C)C(=O)Cc1ccccc1Cl. The van der Waals surface area contributed by atoms with Gasteiger partial charge in [-0.25, -0.2) is 0 Å². The van der Waals surface area contributed by atoms with Gasteiger partial charge in [0, 0.05) is 18.6 Å². The molecule has 1 aromatic carbocycles. The number of carbonyl (C=O) groups is 2. The number of esters is 1. The Morgan fingerprint density at radius 2 is 2.00 bits per heavy atom. The van der Waals surface area contributed by atoms with Gasteiger partial charge in [0.1, 0.15) is 0 Å². The maximum absolute atomic E-state index is 11.9. The van der Waals surface area contributed by atoms with E-state index >= 15 is 0 Å². The fraction of sp³-hybridized carbons (Fsp3) is 0.385. The predicted molar refractivity (Wildman–Crippen MR) is 69.4 cm³/mol. The summed E-state index contributed by atoms with van der Waals surface area (Å²) < 4.78 is 4.52. The molecule has 0 fully saturated rings. The number of benzene rings is 1. The first-order valence-corrected chi connectivity index (χ1v) is 5.96. The fourth-order valence-electron chi connectivity index (χ4n) is 1.43. The van der Waals surface area contributed by atoms with Crippen LogP contribution in [0.25, 0.3) is 0 Å². The zero-order valence-electron chi connectivity index (χ0n) is 10.5. The number of carbonyl (C=O) groups excluding carboxylic acids is 2. The largest absolute Gasteiger partial charge is 0.469 e. The van der Waals surface area contributed by atoms with Crippen molar-refractivity contribution >= 4 is 23.5 Å². The minimum Gasteiger partial charge on any atom is -0.469 e. The van der Waals surface area contributed by atoms with E-state index in [-0.39, 0.29) is 24.7 Å². The van der Waals surface area contributed by atoms with E-state index in [1.54, 1.807) is 13.1 Å². The summed E-state index contributed by atoms with van der Waals surface area (Å²) in [5.74, 6) is -0.403. The van der Waals surface area contributed by atoms with E-state index in [0.717, 1.165) is 5.56 Å². The smallest absolute Gasteiger partial charge is 0.307 e. The number of hydrogen-bond acceptors (Lipinski definition) is 3. The maximum Gasteiger partial charge on any atom is 0.307 e. The Morgan fingerprint density at radius 1 is 1.33 bits per heavy atom. The Morgan fingerprint density at radius 3 is 2.61 bits per heavy atom. The van der Waals surface area contributed by atoms with Crippen molar-refractivity contribution < 1.29 is 14.3 Å². The number of ether oxygens (including phenoxy) is 1. The number of halogens is 1. The summed E-state index contributed by atoms with van der Waals surface area (Å²) in [4.78, 5) is 24.4. The number of hydrogen-bond donors (Lipinski definition) is 0. The highest BCUT2D eigenvalue weighted by Crippen LogP contribution is 2.16. The summed E-state index contributed by atoms with van der Waals surface area (Å²) in [6, 6.07) is 7.22. The molecule has 18 heavy (non-hydrogen) atoms. The van der Waals surface area contributed by atoms with Gasteiger partial charge in [0.2, 0.25) is 5.91 Å². The summed E-state index contributed by atoms with van der Waals surface area (Å²) in [5.41, 5.74) is 0.786. The highest BCUT2D eigenvalue weighted by atomic mass is 35.5. The van der Waals surface area contributed by atoms with Crippen LogP contribution in [-0.4, -0.2) is 37.5 Å². The molecule has 1 amide bonds. The van der Waals surface area contributed by atoms with Gasteiger partial charge in [-0.15, -0.1) is 0 Å². The van der Waals surface area contributed by atoms with Crippen LogP contribution in [0.3, 0.4) is 0 Å². The molecule has 0 radical (unpaired) electrons. The number of amides is 1. The average molecular weight is 270 g/mol. The molecular weight excluding hydrogens is 254 g/mol. The highest BCUT2D eigenvalue weighted by molar-refractivity contribution is 6.31. The summed E-state index contributed by atoms with van der Waals surface area (Å²) in [6.07, 6.45) is 0.429. The lowest BCUT2D eigenvalue weighted by Crippen LogP contribution is -2.30. The van der Waals surface area contributed by atoms with Crippen LogP contribution < -0.4 is 0 Å². The number of rotatable bonds is 5. The van der Waals surface area contributed by atoms with Gasteiger partial charge in [-0.2, -0.15) is 0 Å². The lowest BCUT2D eigenvalue weighted by Gasteiger charge is -2.16. The van der Waals surface area contributed by atoms with E-state index < -0.39 is 0 Å². The van der Waals surface area contributed by atoms with Gasteiger partial charge in [-0.1, -0.05) is 29.8 Å². The van der Waals surface area contributed by atoms with Crippen LogP contribution in [0.15, 0.2) is 24.3 Å². The topological polar surface area (TPSA) is 46.6 Å². The van der Waals surface area contributed by atoms with E-state index in [0.29, 0.717) is 11.6 Å². The molecule has 0 N–H and O–H groups in total. The Bertz CT molecular complexity index is 434. The van der Waals surface area contributed by atoms with Crippen LogP contribution in [0.2, 0.25) is 5.02 Å². The van der Waals surface area contributed by atoms with Crippen molar-refractivity contribution in [1.82, 2.24) is 4.90 Å². The average Bonchev–Trinajstić information content (AvgIpc) is 2.38. The zero-order valence-corrected chi connectivity index (χ0v) is 11.2. The van der Waals surface area contributed by atoms with Crippen molar-refractivity contribution in [1.29, 1.82) is 0 Å². The minimum atomic E-state index is -0.326. The van der Waals surface area contributed by atoms with Gasteiger partial charge < -0.3 is 9.64 Å². The molecule has 0 bridgehead atoms. The van der Waals surface area contributed by atoms with Gasteiger partial charge in [0.05, 0.1) is 20.0 Å². The summed E-state index contributed by atoms with van der Waals surface area (Å²) in [7, 11) is 2.98. The predicted octanol–water partition coefficient (Wildman–Crippen LogP) is 1.90. The summed E-state index contributed by atoms with van der Waals surface area (Å²) in [6.45, 7) is 0.343. The second-order valence-electron chi connectivity index (χ2n) is 3.91. The van der Waals surface area contributed by atoms with Gasteiger partial charge in [-0.3, -0.25) is 9.59 Å². The van der Waals surface area contributed by atoms with E-state index in [2.05, 4.69) is 4.74 Å². The zero-order chi connectivity index (χ0) is 13.5. The Balaban J connectivity index is 2.50. The number of nitrogens with zero attached hydrogens (tertiary/aromatic N) is 1. The molecule has 1 aromatic rings. The molecule has 0 saturated carbocycles. The maximum atomic E-state index is 11.9. The molecule has 4 nitrogen and oxygen atoms in total. The third-order valence-corrected chi connectivity index (χ3v) is 2.97. The molecule has 0 heterocycles. The first-order valence-electron chi connectivity index (χ1n) is 5.58. The van der Waals surface area contributed by atoms with Crippen molar-refractivity contribution in [3.63, 3.8) is 0 Å². The lowest BCUT2D eigenvalue weighted by molar-refractivity contribution is -0.141. The van der Waals surface area contributed by atoms with Crippen LogP contribution in [0.5, 0.6) is 0 Å². The van der Waals surface area contributed by atoms with Crippen LogP contribution in [0.1, 0.15) is 12.0 Å². The normalized spacial score (nSPS) is 9.94. The van der Waals surface area contributed by atoms with Crippen LogP contribution >= 0.6 is 11.6 Å². The fourth-order valence-corrected chi connectivity index (χ4v) is 1.63. The number of methoxy groups -OCH3 is 1. The molecule has 0 aliphatic heterocycles. The minimum absolute atomic E-state index is 0.0768. The molecule has 1 rings (SSSR count). The van der Waals surface area contributed by atoms with Gasteiger partial charge in [0.15, 0.2) is 0 Å². The van der Waals surface area contributed by atoms with E-state index in [4.69, 9.17) is 11.6 Å². The Hall–Kier alpha value is -1.55. The van der Waals surface area contributed by atoms with Gasteiger partial charge in [-0.05, 0) is 11.6 Å². The summed E-state index contributed by atoms with van der Waals surface area (Å²) >= 11 is 5.98. The summed E-state index contributed by atoms with van der Waals surface area (Å²) in [5, 5.41) is 0.576. The van der Waals surface area contributed by atoms with Gasteiger partial charge >= 0.3 is 5.97 Å². The molecule has 0 aliphatic carbocycles. The van der Waals surface area contributed by atoms with E-state index in [9.17, 15) is 9.59 Å². The Kier molecular flexibility index (Phi) is 5.65. The monoisotopic (exact) mass is 269 g/mol. The van der Waals surface area contributed by atoms with Crippen molar-refractivity contribution in [2.45, 2.75) is 12.8 Å². The molecular formula is C13H16ClNO3. The van der Waals surface area contributed by atoms with Crippen LogP contribution in [0.4, 0.5) is 0 Å². The Labute approximate surface area is 111 Å². The quantitative estimate of drug-likeness (QED) is 0.767. The number of likely N-dealkylation sites (N-methyl/N-ethyl adjacent to an activating group) is 1. The molecule has 0 spiro atoms. The van der Waals surface area contributed by atoms with Gasteiger partial charge in [0.25, 0.3) is 0 Å². The van der Waals surface area contributed by atoms with E-state index in [1.165, 1.54) is 12.0 Å². The molecule has 0 aromatic heterocycles. The first-order chi connectivity index (χ1) is 8.54. The van der Waals surface area contributed by atoms with Crippen LogP contribution in [0, 0.1) is 0 Å². The van der Waals surface area contributed by atoms with Crippen molar-refractivity contribution in [2.24, 2.45) is 0 Å². The van der Waals surface area contributed by atoms with Crippen molar-refractivity contribution in [2.75, 3.05) is 20.7 Å². The van der Waals surface area contributed by atoms with E-state index in [1.807, 2.05) is 18.2 Å². The lowest BCUT2D eigenvalue weighted by atomic mass is 10.1. The molecule has 0 aliphatic rings. The molecule has 0 unspecified atom stereocenters. The highest BCUT2D eigenvalue weighted by Gasteiger charge is 2.12. The second kappa shape index (κ2) is 7.01. The van der Waals surface area contributed by atoms with Crippen molar-refractivity contribution in [3.8, 4) is 0 Å². The standard InChI is InChI=1S/C13H16ClNO3/c1-15(8-7-13(17)18-2)12(16)9-10-5-3-4-6-11(10)14/h3-6H,7-9H2,1-2H3. The third kappa shape index (κ3) is 4.37. The molecule has 5 heteroatoms. The molecule has 0 saturated heterocycles. The third-order valence-electron chi connectivity index (χ3n) is 2.60.